The molecule has 0 aliphatic heterocycles. The van der Waals surface area contributed by atoms with Gasteiger partial charge < -0.3 is 9.47 Å². The Morgan fingerprint density at radius 2 is 2.11 bits per heavy atom. The van der Waals surface area contributed by atoms with Crippen LogP contribution in [0.3, 0.4) is 0 Å². The number of ether oxygens (including phenoxy) is 2. The lowest BCUT2D eigenvalue weighted by Gasteiger charge is -2.10. The number of alkyl halides is 3. The van der Waals surface area contributed by atoms with Gasteiger partial charge in [-0.15, -0.1) is 13.2 Å². The highest BCUT2D eigenvalue weighted by molar-refractivity contribution is 14.1. The number of H-pyrrole nitrogens is 1. The largest absolute Gasteiger partial charge is 0.574 e. The number of aromatic amines is 1. The average Bonchev–Trinajstić information content (AvgIpc) is 2.21. The van der Waals surface area contributed by atoms with E-state index in [1.54, 1.807) is 29.5 Å². The molecule has 0 aliphatic rings. The molecule has 0 saturated carbocycles. The van der Waals surface area contributed by atoms with Crippen LogP contribution < -0.4 is 10.3 Å². The van der Waals surface area contributed by atoms with E-state index in [-0.39, 0.29) is 22.2 Å². The van der Waals surface area contributed by atoms with Crippen LogP contribution in [0.5, 0.6) is 5.88 Å². The summed E-state index contributed by atoms with van der Waals surface area (Å²) in [4.78, 5) is 24.7. The summed E-state index contributed by atoms with van der Waals surface area (Å²) in [5.74, 6) is -1.36. The van der Waals surface area contributed by atoms with Gasteiger partial charge in [0.05, 0.1) is 13.0 Å². The molecular formula is C10H9F3INO4. The second-order valence-corrected chi connectivity index (χ2v) is 4.48. The van der Waals surface area contributed by atoms with Gasteiger partial charge in [-0.1, -0.05) is 0 Å². The number of nitrogens with one attached hydrogen (secondary N) is 1. The van der Waals surface area contributed by atoms with Gasteiger partial charge >= 0.3 is 12.3 Å². The SMILES string of the molecule is CCOC(=O)Cc1c(I)cc(OC(F)(F)F)[nH]c1=O. The number of rotatable bonds is 4. The Morgan fingerprint density at radius 3 is 2.58 bits per heavy atom. The van der Waals surface area contributed by atoms with Crippen LogP contribution in [0.2, 0.25) is 0 Å². The molecule has 0 bridgehead atoms. The summed E-state index contributed by atoms with van der Waals surface area (Å²) >= 11 is 1.65. The van der Waals surface area contributed by atoms with Crippen molar-refractivity contribution in [3.05, 3.63) is 25.6 Å². The van der Waals surface area contributed by atoms with Crippen LogP contribution in [0.15, 0.2) is 10.9 Å². The summed E-state index contributed by atoms with van der Waals surface area (Å²) in [6.45, 7) is 1.76. The fourth-order valence-electron chi connectivity index (χ4n) is 1.23. The third-order valence-electron chi connectivity index (χ3n) is 1.91. The van der Waals surface area contributed by atoms with Gasteiger partial charge in [-0.05, 0) is 29.5 Å². The van der Waals surface area contributed by atoms with E-state index in [1.165, 1.54) is 0 Å². The quantitative estimate of drug-likeness (QED) is 0.630. The zero-order valence-corrected chi connectivity index (χ0v) is 11.8. The molecule has 19 heavy (non-hydrogen) atoms. The minimum atomic E-state index is -4.89. The first-order valence-corrected chi connectivity index (χ1v) is 6.14. The molecule has 106 valence electrons. The predicted octanol–water partition coefficient (Wildman–Crippen LogP) is 1.98. The summed E-state index contributed by atoms with van der Waals surface area (Å²) in [6.07, 6.45) is -5.21. The number of carbonyl (C=O) groups excluding carboxylic acids is 1. The minimum Gasteiger partial charge on any atom is -0.466 e. The fourth-order valence-corrected chi connectivity index (χ4v) is 1.95. The minimum absolute atomic E-state index is 0.0357. The Hall–Kier alpha value is -1.26. The number of esters is 1. The van der Waals surface area contributed by atoms with E-state index in [0.29, 0.717) is 0 Å². The van der Waals surface area contributed by atoms with Crippen LogP contribution in [-0.2, 0) is 16.0 Å². The number of halogens is 4. The maximum absolute atomic E-state index is 12.0. The summed E-state index contributed by atoms with van der Waals surface area (Å²) in [5, 5.41) is 0. The highest BCUT2D eigenvalue weighted by Gasteiger charge is 2.32. The molecule has 1 aromatic rings. The van der Waals surface area contributed by atoms with Gasteiger partial charge in [0.15, 0.2) is 0 Å². The number of hydrogen-bond acceptors (Lipinski definition) is 4. The molecule has 0 amide bonds. The lowest BCUT2D eigenvalue weighted by atomic mass is 10.2. The molecule has 0 atom stereocenters. The second-order valence-electron chi connectivity index (χ2n) is 3.32. The van der Waals surface area contributed by atoms with E-state index < -0.39 is 23.8 Å². The second kappa shape index (κ2) is 6.26. The molecule has 9 heteroatoms. The van der Waals surface area contributed by atoms with Crippen LogP contribution in [0, 0.1) is 3.57 Å². The molecule has 1 rings (SSSR count). The highest BCUT2D eigenvalue weighted by atomic mass is 127. The molecule has 0 unspecified atom stereocenters. The maximum atomic E-state index is 12.0. The lowest BCUT2D eigenvalue weighted by Crippen LogP contribution is -2.24. The highest BCUT2D eigenvalue weighted by Crippen LogP contribution is 2.22. The Balaban J connectivity index is 2.98. The molecule has 1 N–H and O–H groups in total. The molecule has 0 aliphatic carbocycles. The van der Waals surface area contributed by atoms with Crippen molar-refractivity contribution in [2.24, 2.45) is 0 Å². The predicted molar refractivity (Wildman–Crippen MR) is 66.8 cm³/mol. The first kappa shape index (κ1) is 15.8. The van der Waals surface area contributed by atoms with E-state index in [4.69, 9.17) is 0 Å². The fraction of sp³-hybridized carbons (Fsp3) is 0.400. The van der Waals surface area contributed by atoms with Crippen molar-refractivity contribution in [2.45, 2.75) is 19.7 Å². The van der Waals surface area contributed by atoms with Crippen molar-refractivity contribution in [3.8, 4) is 5.88 Å². The normalized spacial score (nSPS) is 11.2. The van der Waals surface area contributed by atoms with E-state index >= 15 is 0 Å². The molecule has 1 heterocycles. The topological polar surface area (TPSA) is 68.4 Å². The molecule has 1 aromatic heterocycles. The number of aromatic nitrogens is 1. The van der Waals surface area contributed by atoms with Gasteiger partial charge in [0.1, 0.15) is 0 Å². The van der Waals surface area contributed by atoms with E-state index in [9.17, 15) is 22.8 Å². The van der Waals surface area contributed by atoms with Crippen molar-refractivity contribution < 1.29 is 27.4 Å². The number of pyridine rings is 1. The van der Waals surface area contributed by atoms with E-state index in [1.807, 2.05) is 4.98 Å². The molecule has 5 nitrogen and oxygen atoms in total. The van der Waals surface area contributed by atoms with Crippen molar-refractivity contribution in [3.63, 3.8) is 0 Å². The van der Waals surface area contributed by atoms with Gasteiger partial charge in [-0.2, -0.15) is 0 Å². The van der Waals surface area contributed by atoms with Gasteiger partial charge in [0.2, 0.25) is 5.88 Å². The van der Waals surface area contributed by atoms with Crippen LogP contribution in [0.25, 0.3) is 0 Å². The third kappa shape index (κ3) is 5.09. The zero-order valence-electron chi connectivity index (χ0n) is 9.64. The monoisotopic (exact) mass is 391 g/mol. The van der Waals surface area contributed by atoms with E-state index in [2.05, 4.69) is 9.47 Å². The number of carbonyl (C=O) groups is 1. The molecular weight excluding hydrogens is 382 g/mol. The van der Waals surface area contributed by atoms with Crippen molar-refractivity contribution >= 4 is 28.6 Å². The Labute approximate surface area is 119 Å². The molecule has 0 radical (unpaired) electrons. The molecule has 0 aromatic carbocycles. The van der Waals surface area contributed by atoms with Gasteiger partial charge in [0.25, 0.3) is 5.56 Å². The molecule has 0 spiro atoms. The summed E-state index contributed by atoms with van der Waals surface area (Å²) in [6, 6.07) is 0.990. The summed E-state index contributed by atoms with van der Waals surface area (Å²) in [5.41, 5.74) is -0.784. The van der Waals surface area contributed by atoms with E-state index in [0.717, 1.165) is 6.07 Å². The lowest BCUT2D eigenvalue weighted by molar-refractivity contribution is -0.276. The Bertz CT molecular complexity index is 526. The van der Waals surface area contributed by atoms with Crippen molar-refractivity contribution in [2.75, 3.05) is 6.61 Å². The molecule has 0 saturated heterocycles. The first-order valence-electron chi connectivity index (χ1n) is 5.06. The average molecular weight is 391 g/mol. The van der Waals surface area contributed by atoms with Gasteiger partial charge in [-0.25, -0.2) is 0 Å². The van der Waals surface area contributed by atoms with Crippen LogP contribution in [-0.4, -0.2) is 23.9 Å². The van der Waals surface area contributed by atoms with Crippen LogP contribution >= 0.6 is 22.6 Å². The van der Waals surface area contributed by atoms with Crippen molar-refractivity contribution in [1.82, 2.24) is 4.98 Å². The Morgan fingerprint density at radius 1 is 1.47 bits per heavy atom. The van der Waals surface area contributed by atoms with Crippen LogP contribution in [0.4, 0.5) is 13.2 Å². The van der Waals surface area contributed by atoms with Gasteiger partial charge in [-0.3, -0.25) is 14.6 Å². The van der Waals surface area contributed by atoms with Crippen molar-refractivity contribution in [1.29, 1.82) is 0 Å². The van der Waals surface area contributed by atoms with Gasteiger partial charge in [0, 0.05) is 15.2 Å². The standard InChI is InChI=1S/C10H9F3INO4/c1-2-18-8(16)3-5-6(14)4-7(15-9(5)17)19-10(11,12)13/h4H,2-3H2,1H3,(H,15,17). The number of hydrogen-bond donors (Lipinski definition) is 1. The van der Waals surface area contributed by atoms with Crippen LogP contribution in [0.1, 0.15) is 12.5 Å². The third-order valence-corrected chi connectivity index (χ3v) is 2.87. The smallest absolute Gasteiger partial charge is 0.466 e. The molecule has 0 fully saturated rings. The summed E-state index contributed by atoms with van der Waals surface area (Å²) < 4.78 is 44.4. The first-order chi connectivity index (χ1) is 8.73. The summed E-state index contributed by atoms with van der Waals surface area (Å²) in [7, 11) is 0. The maximum Gasteiger partial charge on any atom is 0.574 e. The Kier molecular flexibility index (Phi) is 5.20. The zero-order chi connectivity index (χ0) is 14.6.